The van der Waals surface area contributed by atoms with E-state index >= 15 is 0 Å². The molecule has 3 rings (SSSR count). The molecule has 2 bridgehead atoms. The lowest BCUT2D eigenvalue weighted by Gasteiger charge is -2.21. The second kappa shape index (κ2) is 4.04. The zero-order chi connectivity index (χ0) is 12.9. The fraction of sp³-hybridized carbons (Fsp3) is 0.643. The first-order chi connectivity index (χ1) is 8.56. The van der Waals surface area contributed by atoms with Crippen LogP contribution in [0.15, 0.2) is 0 Å². The van der Waals surface area contributed by atoms with E-state index in [0.717, 1.165) is 17.7 Å². The van der Waals surface area contributed by atoms with Crippen LogP contribution < -0.4 is 0 Å². The van der Waals surface area contributed by atoms with Crippen LogP contribution in [0.5, 0.6) is 0 Å². The Kier molecular flexibility index (Phi) is 2.61. The third-order valence-electron chi connectivity index (χ3n) is 4.57. The number of aryl methyl sites for hydroxylation is 2. The molecule has 0 amide bonds. The summed E-state index contributed by atoms with van der Waals surface area (Å²) in [5, 5.41) is 9.13. The molecule has 18 heavy (non-hydrogen) atoms. The molecular weight excluding hydrogens is 228 g/mol. The topological polar surface area (TPSA) is 63.1 Å². The van der Waals surface area contributed by atoms with Gasteiger partial charge in [0.1, 0.15) is 11.4 Å². The lowest BCUT2D eigenvalue weighted by atomic mass is 9.88. The van der Waals surface area contributed by atoms with Crippen LogP contribution in [0.3, 0.4) is 0 Å². The summed E-state index contributed by atoms with van der Waals surface area (Å²) in [4.78, 5) is 20.1. The Hall–Kier alpha value is -1.45. The van der Waals surface area contributed by atoms with Crippen LogP contribution in [0.1, 0.15) is 59.2 Å². The lowest BCUT2D eigenvalue weighted by molar-refractivity contribution is 0.0694. The van der Waals surface area contributed by atoms with Crippen molar-refractivity contribution in [3.63, 3.8) is 0 Å². The molecule has 2 aliphatic carbocycles. The molecule has 1 aromatic rings. The van der Waals surface area contributed by atoms with Gasteiger partial charge in [0, 0.05) is 5.92 Å². The minimum absolute atomic E-state index is 0.266. The van der Waals surface area contributed by atoms with E-state index in [4.69, 9.17) is 5.11 Å². The molecule has 1 N–H and O–H groups in total. The Balaban J connectivity index is 1.97. The summed E-state index contributed by atoms with van der Waals surface area (Å²) in [6.45, 7) is 3.55. The van der Waals surface area contributed by atoms with E-state index < -0.39 is 5.97 Å². The minimum atomic E-state index is -0.926. The third kappa shape index (κ3) is 1.71. The maximum atomic E-state index is 11.1. The summed E-state index contributed by atoms with van der Waals surface area (Å²) < 4.78 is 0. The number of aromatic nitrogens is 2. The smallest absolute Gasteiger partial charge is 0.339 e. The fourth-order valence-electron chi connectivity index (χ4n) is 3.78. The first kappa shape index (κ1) is 11.6. The van der Waals surface area contributed by atoms with Crippen molar-refractivity contribution in [2.24, 2.45) is 11.8 Å². The van der Waals surface area contributed by atoms with Gasteiger partial charge in [-0.15, -0.1) is 0 Å². The number of carbonyl (C=O) groups is 1. The van der Waals surface area contributed by atoms with Gasteiger partial charge in [-0.25, -0.2) is 14.8 Å². The second-order valence-electron chi connectivity index (χ2n) is 5.71. The summed E-state index contributed by atoms with van der Waals surface area (Å²) in [7, 11) is 0. The maximum Gasteiger partial charge on any atom is 0.339 e. The molecule has 0 aromatic carbocycles. The molecule has 0 aliphatic heterocycles. The molecule has 1 aromatic heterocycles. The van der Waals surface area contributed by atoms with Gasteiger partial charge in [-0.05, 0) is 44.9 Å². The van der Waals surface area contributed by atoms with Gasteiger partial charge in [-0.2, -0.15) is 0 Å². The molecule has 4 nitrogen and oxygen atoms in total. The Morgan fingerprint density at radius 3 is 2.28 bits per heavy atom. The van der Waals surface area contributed by atoms with Crippen molar-refractivity contribution in [3.8, 4) is 0 Å². The average Bonchev–Trinajstić information content (AvgIpc) is 2.88. The number of fused-ring (bicyclic) bond motifs is 2. The fourth-order valence-corrected chi connectivity index (χ4v) is 3.78. The van der Waals surface area contributed by atoms with E-state index in [2.05, 4.69) is 9.97 Å². The highest BCUT2D eigenvalue weighted by atomic mass is 16.4. The molecule has 3 unspecified atom stereocenters. The Bertz CT molecular complexity index is 490. The number of nitrogens with zero attached hydrogens (tertiary/aromatic N) is 2. The van der Waals surface area contributed by atoms with Gasteiger partial charge in [0.2, 0.25) is 0 Å². The SMILES string of the molecule is Cc1nc(C2CC3CCC2C3)nc(C)c1C(=O)O. The molecule has 0 saturated heterocycles. The van der Waals surface area contributed by atoms with Crippen molar-refractivity contribution in [1.82, 2.24) is 9.97 Å². The number of rotatable bonds is 2. The molecule has 0 radical (unpaired) electrons. The van der Waals surface area contributed by atoms with Gasteiger partial charge in [0.05, 0.1) is 11.4 Å². The Labute approximate surface area is 106 Å². The summed E-state index contributed by atoms with van der Waals surface area (Å²) >= 11 is 0. The first-order valence-corrected chi connectivity index (χ1v) is 6.64. The molecule has 2 aliphatic rings. The quantitative estimate of drug-likeness (QED) is 0.871. The highest BCUT2D eigenvalue weighted by Crippen LogP contribution is 2.52. The predicted molar refractivity (Wildman–Crippen MR) is 66.7 cm³/mol. The third-order valence-corrected chi connectivity index (χ3v) is 4.57. The molecule has 0 spiro atoms. The van der Waals surface area contributed by atoms with Crippen molar-refractivity contribution in [2.75, 3.05) is 0 Å². The second-order valence-corrected chi connectivity index (χ2v) is 5.71. The molecule has 2 fully saturated rings. The van der Waals surface area contributed by atoms with Gasteiger partial charge in [-0.1, -0.05) is 6.42 Å². The van der Waals surface area contributed by atoms with E-state index in [0.29, 0.717) is 17.3 Å². The maximum absolute atomic E-state index is 11.1. The predicted octanol–water partition coefficient (Wildman–Crippen LogP) is 2.70. The summed E-state index contributed by atoms with van der Waals surface area (Å²) in [6, 6.07) is 0. The minimum Gasteiger partial charge on any atom is -0.478 e. The number of hydrogen-bond acceptors (Lipinski definition) is 3. The molecule has 4 heteroatoms. The van der Waals surface area contributed by atoms with Crippen LogP contribution in [0, 0.1) is 25.7 Å². The summed E-state index contributed by atoms with van der Waals surface area (Å²) in [5.74, 6) is 1.99. The number of aromatic carboxylic acids is 1. The van der Waals surface area contributed by atoms with Gasteiger partial charge in [0.15, 0.2) is 0 Å². The number of carboxylic acid groups (broad SMARTS) is 1. The molecular formula is C14H18N2O2. The first-order valence-electron chi connectivity index (χ1n) is 6.64. The van der Waals surface area contributed by atoms with Gasteiger partial charge in [-0.3, -0.25) is 0 Å². The standard InChI is InChI=1S/C14H18N2O2/c1-7-12(14(17)18)8(2)16-13(15-7)11-6-9-3-4-10(11)5-9/h9-11H,3-6H2,1-2H3,(H,17,18). The van der Waals surface area contributed by atoms with Crippen LogP contribution >= 0.6 is 0 Å². The molecule has 2 saturated carbocycles. The van der Waals surface area contributed by atoms with E-state index in [1.807, 2.05) is 0 Å². The summed E-state index contributed by atoms with van der Waals surface area (Å²) in [6.07, 6.45) is 5.15. The van der Waals surface area contributed by atoms with Crippen LogP contribution in [-0.2, 0) is 0 Å². The highest BCUT2D eigenvalue weighted by Gasteiger charge is 2.41. The largest absolute Gasteiger partial charge is 0.478 e. The highest BCUT2D eigenvalue weighted by molar-refractivity contribution is 5.89. The van der Waals surface area contributed by atoms with E-state index in [1.165, 1.54) is 25.7 Å². The van der Waals surface area contributed by atoms with Crippen LogP contribution in [-0.4, -0.2) is 21.0 Å². The van der Waals surface area contributed by atoms with E-state index in [9.17, 15) is 4.79 Å². The number of carboxylic acids is 1. The number of hydrogen-bond donors (Lipinski definition) is 1. The van der Waals surface area contributed by atoms with Crippen molar-refractivity contribution < 1.29 is 9.90 Å². The van der Waals surface area contributed by atoms with Crippen LogP contribution in [0.2, 0.25) is 0 Å². The zero-order valence-corrected chi connectivity index (χ0v) is 10.8. The van der Waals surface area contributed by atoms with Crippen molar-refractivity contribution in [2.45, 2.75) is 45.4 Å². The lowest BCUT2D eigenvalue weighted by Crippen LogP contribution is -2.16. The molecule has 96 valence electrons. The van der Waals surface area contributed by atoms with E-state index in [1.54, 1.807) is 13.8 Å². The van der Waals surface area contributed by atoms with Gasteiger partial charge >= 0.3 is 5.97 Å². The summed E-state index contributed by atoms with van der Waals surface area (Å²) in [5.41, 5.74) is 1.47. The monoisotopic (exact) mass is 246 g/mol. The Morgan fingerprint density at radius 2 is 1.83 bits per heavy atom. The van der Waals surface area contributed by atoms with Gasteiger partial charge in [0.25, 0.3) is 0 Å². The molecule has 3 atom stereocenters. The van der Waals surface area contributed by atoms with Crippen molar-refractivity contribution in [1.29, 1.82) is 0 Å². The van der Waals surface area contributed by atoms with Crippen molar-refractivity contribution >= 4 is 5.97 Å². The van der Waals surface area contributed by atoms with Crippen LogP contribution in [0.4, 0.5) is 0 Å². The van der Waals surface area contributed by atoms with E-state index in [-0.39, 0.29) is 5.56 Å². The average molecular weight is 246 g/mol. The Morgan fingerprint density at radius 1 is 1.17 bits per heavy atom. The van der Waals surface area contributed by atoms with Crippen LogP contribution in [0.25, 0.3) is 0 Å². The normalized spacial score (nSPS) is 29.8. The van der Waals surface area contributed by atoms with Crippen molar-refractivity contribution in [3.05, 3.63) is 22.8 Å². The molecule has 1 heterocycles. The zero-order valence-electron chi connectivity index (χ0n) is 10.8. The van der Waals surface area contributed by atoms with Gasteiger partial charge < -0.3 is 5.11 Å².